The quantitative estimate of drug-likeness (QED) is 0.640. The molecule has 0 saturated carbocycles. The molecule has 0 nitrogen and oxygen atoms in total. The van der Waals surface area contributed by atoms with Crippen molar-refractivity contribution in [3.63, 3.8) is 0 Å². The van der Waals surface area contributed by atoms with Crippen LogP contribution in [0.15, 0.2) is 0 Å². The van der Waals surface area contributed by atoms with E-state index in [0.29, 0.717) is 0 Å². The second-order valence-electron chi connectivity index (χ2n) is 2.59. The number of hydrogen-bond donors (Lipinski definition) is 0. The molecule has 9 heteroatoms. The maximum absolute atomic E-state index is 12.7. The molecular formula is C5H2F8S. The topological polar surface area (TPSA) is 0 Å². The van der Waals surface area contributed by atoms with Gasteiger partial charge in [-0.05, 0) is 11.8 Å². The average Bonchev–Trinajstić information content (AvgIpc) is 2.10. The molecule has 0 N–H and O–H groups in total. The van der Waals surface area contributed by atoms with Crippen LogP contribution >= 0.6 is 11.8 Å². The lowest BCUT2D eigenvalue weighted by molar-refractivity contribution is -0.254. The molecule has 14 heavy (non-hydrogen) atoms. The first kappa shape index (κ1) is 11.9. The number of thioether (sulfide) groups is 1. The van der Waals surface area contributed by atoms with E-state index in [1.165, 1.54) is 0 Å². The molecule has 0 radical (unpaired) electrons. The maximum Gasteiger partial charge on any atom is 0.342 e. The largest absolute Gasteiger partial charge is 0.342 e. The van der Waals surface area contributed by atoms with Crippen LogP contribution in [0.2, 0.25) is 0 Å². The predicted octanol–water partition coefficient (Wildman–Crippen LogP) is 3.23. The second kappa shape index (κ2) is 2.89. The van der Waals surface area contributed by atoms with E-state index in [0.717, 1.165) is 0 Å². The summed E-state index contributed by atoms with van der Waals surface area (Å²) in [5, 5.41) is -5.15. The predicted molar refractivity (Wildman–Crippen MR) is 32.2 cm³/mol. The molecule has 1 rings (SSSR count). The van der Waals surface area contributed by atoms with E-state index in [-0.39, 0.29) is 0 Å². The molecule has 2 unspecified atom stereocenters. The van der Waals surface area contributed by atoms with E-state index in [1.807, 2.05) is 0 Å². The monoisotopic (exact) mass is 246 g/mol. The van der Waals surface area contributed by atoms with Crippen LogP contribution in [0.25, 0.3) is 0 Å². The fourth-order valence-corrected chi connectivity index (χ4v) is 1.90. The summed E-state index contributed by atoms with van der Waals surface area (Å²) < 4.78 is 98.1. The molecule has 2 atom stereocenters. The Morgan fingerprint density at radius 2 is 1.43 bits per heavy atom. The molecular weight excluding hydrogens is 244 g/mol. The first-order chi connectivity index (χ1) is 6.07. The first-order valence-electron chi connectivity index (χ1n) is 3.12. The normalized spacial score (nSPS) is 40.5. The molecule has 0 aromatic rings. The Bertz CT molecular complexity index is 240. The third kappa shape index (κ3) is 1.13. The van der Waals surface area contributed by atoms with Crippen LogP contribution in [-0.2, 0) is 0 Å². The van der Waals surface area contributed by atoms with Gasteiger partial charge in [-0.25, -0.2) is 17.6 Å². The van der Waals surface area contributed by atoms with Crippen LogP contribution in [0, 0.1) is 0 Å². The second-order valence-corrected chi connectivity index (χ2v) is 3.75. The Morgan fingerprint density at radius 3 is 1.57 bits per heavy atom. The standard InChI is InChI=1S/C5H2F8S/c6-1(7)3(9)4(10,11)2(8)14-5(3,12)13/h1-2H. The van der Waals surface area contributed by atoms with E-state index in [9.17, 15) is 35.1 Å². The van der Waals surface area contributed by atoms with Crippen LogP contribution < -0.4 is 0 Å². The molecule has 1 saturated heterocycles. The van der Waals surface area contributed by atoms with Gasteiger partial charge in [0.05, 0.1) is 0 Å². The Morgan fingerprint density at radius 1 is 1.00 bits per heavy atom. The van der Waals surface area contributed by atoms with Gasteiger partial charge in [-0.3, -0.25) is 0 Å². The molecule has 0 bridgehead atoms. The molecule has 1 fully saturated rings. The van der Waals surface area contributed by atoms with E-state index < -0.39 is 40.5 Å². The minimum Gasteiger partial charge on any atom is -0.228 e. The molecule has 0 aromatic carbocycles. The molecule has 0 spiro atoms. The highest BCUT2D eigenvalue weighted by Gasteiger charge is 2.84. The first-order valence-corrected chi connectivity index (χ1v) is 4.00. The van der Waals surface area contributed by atoms with Gasteiger partial charge in [0, 0.05) is 0 Å². The Hall–Kier alpha value is -0.210. The average molecular weight is 246 g/mol. The summed E-state index contributed by atoms with van der Waals surface area (Å²) in [5.41, 5.74) is -9.14. The van der Waals surface area contributed by atoms with Crippen molar-refractivity contribution in [1.82, 2.24) is 0 Å². The summed E-state index contributed by atoms with van der Waals surface area (Å²) in [5.74, 6) is -5.41. The highest BCUT2D eigenvalue weighted by atomic mass is 32.2. The number of halogens is 8. The highest BCUT2D eigenvalue weighted by molar-refractivity contribution is 8.01. The van der Waals surface area contributed by atoms with Crippen molar-refractivity contribution in [3.8, 4) is 0 Å². The summed E-state index contributed by atoms with van der Waals surface area (Å²) in [6.45, 7) is 0. The third-order valence-electron chi connectivity index (χ3n) is 1.75. The number of hydrogen-bond acceptors (Lipinski definition) is 1. The van der Waals surface area contributed by atoms with Crippen LogP contribution in [-0.4, -0.2) is 28.8 Å². The van der Waals surface area contributed by atoms with Crippen molar-refractivity contribution < 1.29 is 35.1 Å². The Balaban J connectivity index is 3.23. The van der Waals surface area contributed by atoms with Gasteiger partial charge in [0.25, 0.3) is 6.43 Å². The zero-order valence-electron chi connectivity index (χ0n) is 6.09. The molecule has 1 aliphatic heterocycles. The van der Waals surface area contributed by atoms with Gasteiger partial charge in [0.1, 0.15) is 0 Å². The van der Waals surface area contributed by atoms with Crippen LogP contribution in [0.4, 0.5) is 35.1 Å². The molecule has 0 aromatic heterocycles. The van der Waals surface area contributed by atoms with Crippen molar-refractivity contribution in [2.24, 2.45) is 0 Å². The lowest BCUT2D eigenvalue weighted by Crippen LogP contribution is -2.57. The SMILES string of the molecule is FC1SC(F)(F)C(F)(C(F)F)C1(F)F. The van der Waals surface area contributed by atoms with Gasteiger partial charge in [0.15, 0.2) is 0 Å². The molecule has 1 aliphatic rings. The number of rotatable bonds is 1. The molecule has 1 heterocycles. The summed E-state index contributed by atoms with van der Waals surface area (Å²) in [6.07, 6.45) is -4.67. The van der Waals surface area contributed by atoms with E-state index in [1.54, 1.807) is 0 Å². The van der Waals surface area contributed by atoms with Gasteiger partial charge in [-0.15, -0.1) is 0 Å². The smallest absolute Gasteiger partial charge is 0.228 e. The lowest BCUT2D eigenvalue weighted by Gasteiger charge is -2.28. The lowest BCUT2D eigenvalue weighted by atomic mass is 10.00. The van der Waals surface area contributed by atoms with Gasteiger partial charge >= 0.3 is 16.8 Å². The Kier molecular flexibility index (Phi) is 2.45. The highest BCUT2D eigenvalue weighted by Crippen LogP contribution is 2.64. The maximum atomic E-state index is 12.7. The zero-order chi connectivity index (χ0) is 11.4. The van der Waals surface area contributed by atoms with Crippen molar-refractivity contribution in [1.29, 1.82) is 0 Å². The molecule has 0 aliphatic carbocycles. The van der Waals surface area contributed by atoms with E-state index in [2.05, 4.69) is 0 Å². The fourth-order valence-electron chi connectivity index (χ4n) is 0.921. The minimum absolute atomic E-state index is 1.44. The summed E-state index contributed by atoms with van der Waals surface area (Å²) in [7, 11) is 0. The van der Waals surface area contributed by atoms with Gasteiger partial charge in [-0.2, -0.15) is 17.6 Å². The van der Waals surface area contributed by atoms with Crippen molar-refractivity contribution in [2.75, 3.05) is 0 Å². The summed E-state index contributed by atoms with van der Waals surface area (Å²) in [4.78, 5) is 0. The summed E-state index contributed by atoms with van der Waals surface area (Å²) >= 11 is -1.44. The van der Waals surface area contributed by atoms with Crippen molar-refractivity contribution in [2.45, 2.75) is 28.8 Å². The van der Waals surface area contributed by atoms with Gasteiger partial charge in [-0.1, -0.05) is 0 Å². The van der Waals surface area contributed by atoms with Crippen molar-refractivity contribution in [3.05, 3.63) is 0 Å². The minimum atomic E-state index is -5.45. The fraction of sp³-hybridized carbons (Fsp3) is 1.00. The van der Waals surface area contributed by atoms with Crippen LogP contribution in [0.5, 0.6) is 0 Å². The van der Waals surface area contributed by atoms with E-state index >= 15 is 0 Å². The van der Waals surface area contributed by atoms with Crippen molar-refractivity contribution >= 4 is 11.8 Å². The summed E-state index contributed by atoms with van der Waals surface area (Å²) in [6, 6.07) is 0. The van der Waals surface area contributed by atoms with E-state index in [4.69, 9.17) is 0 Å². The Labute approximate surface area is 76.6 Å². The molecule has 0 amide bonds. The zero-order valence-corrected chi connectivity index (χ0v) is 6.90. The van der Waals surface area contributed by atoms with Crippen LogP contribution in [0.1, 0.15) is 0 Å². The van der Waals surface area contributed by atoms with Gasteiger partial charge < -0.3 is 0 Å². The number of alkyl halides is 8. The third-order valence-corrected chi connectivity index (χ3v) is 2.84. The van der Waals surface area contributed by atoms with Gasteiger partial charge in [0.2, 0.25) is 5.50 Å². The molecule has 84 valence electrons. The van der Waals surface area contributed by atoms with Crippen LogP contribution in [0.3, 0.4) is 0 Å².